The van der Waals surface area contributed by atoms with Crippen molar-refractivity contribution in [3.8, 4) is 11.8 Å². The van der Waals surface area contributed by atoms with Gasteiger partial charge in [-0.05, 0) is 38.1 Å². The zero-order valence-electron chi connectivity index (χ0n) is 11.7. The summed E-state index contributed by atoms with van der Waals surface area (Å²) in [7, 11) is 1.61. The van der Waals surface area contributed by atoms with Gasteiger partial charge in [-0.25, -0.2) is 0 Å². The average molecular weight is 304 g/mol. The first kappa shape index (κ1) is 16.9. The predicted molar refractivity (Wildman–Crippen MR) is 76.0 cm³/mol. The molecular weight excluding hydrogens is 287 g/mol. The number of nitrogens with zero attached hydrogens (tertiary/aromatic N) is 1. The molecule has 0 aliphatic rings. The monoisotopic (exact) mass is 303 g/mol. The van der Waals surface area contributed by atoms with Crippen LogP contribution < -0.4 is 0 Å². The molecule has 0 heterocycles. The Balaban J connectivity index is 2.63. The summed E-state index contributed by atoms with van der Waals surface area (Å²) in [6, 6.07) is 3.83. The van der Waals surface area contributed by atoms with Crippen LogP contribution >= 0.6 is 11.6 Å². The summed E-state index contributed by atoms with van der Waals surface area (Å²) in [6.45, 7) is 4.07. The highest BCUT2D eigenvalue weighted by molar-refractivity contribution is 6.32. The molecule has 0 saturated heterocycles. The minimum absolute atomic E-state index is 0.0568. The van der Waals surface area contributed by atoms with E-state index in [-0.39, 0.29) is 13.1 Å². The van der Waals surface area contributed by atoms with Gasteiger partial charge in [0.25, 0.3) is 0 Å². The molecular formula is C15H17ClF3N. The molecule has 0 amide bonds. The van der Waals surface area contributed by atoms with Gasteiger partial charge in [0, 0.05) is 12.1 Å². The third kappa shape index (κ3) is 5.85. The zero-order chi connectivity index (χ0) is 15.3. The molecule has 5 heteroatoms. The molecule has 0 fully saturated rings. The molecule has 1 aromatic carbocycles. The number of aryl methyl sites for hydroxylation is 2. The molecule has 0 aliphatic heterocycles. The van der Waals surface area contributed by atoms with Gasteiger partial charge in [0.1, 0.15) is 0 Å². The fraction of sp³-hybridized carbons (Fsp3) is 0.467. The Hall–Kier alpha value is -1.18. The van der Waals surface area contributed by atoms with Crippen LogP contribution in [-0.2, 0) is 0 Å². The smallest absolute Gasteiger partial charge is 0.295 e. The van der Waals surface area contributed by atoms with Crippen molar-refractivity contribution in [2.24, 2.45) is 0 Å². The van der Waals surface area contributed by atoms with Crippen molar-refractivity contribution in [2.75, 3.05) is 20.1 Å². The first-order valence-electron chi connectivity index (χ1n) is 6.20. The second-order valence-electron chi connectivity index (χ2n) is 4.85. The van der Waals surface area contributed by atoms with E-state index in [1.807, 2.05) is 26.0 Å². The third-order valence-electron chi connectivity index (χ3n) is 2.75. The summed E-state index contributed by atoms with van der Waals surface area (Å²) in [4.78, 5) is 1.54. The quantitative estimate of drug-likeness (QED) is 0.757. The maximum absolute atomic E-state index is 12.1. The first-order chi connectivity index (χ1) is 9.19. The van der Waals surface area contributed by atoms with Gasteiger partial charge in [0.15, 0.2) is 0 Å². The lowest BCUT2D eigenvalue weighted by atomic mass is 10.1. The van der Waals surface area contributed by atoms with Crippen LogP contribution in [0.4, 0.5) is 13.2 Å². The van der Waals surface area contributed by atoms with Gasteiger partial charge in [-0.15, -0.1) is 0 Å². The Morgan fingerprint density at radius 2 is 1.90 bits per heavy atom. The van der Waals surface area contributed by atoms with Crippen molar-refractivity contribution >= 4 is 11.6 Å². The second kappa shape index (κ2) is 7.01. The average Bonchev–Trinajstić information content (AvgIpc) is 2.31. The van der Waals surface area contributed by atoms with E-state index in [1.165, 1.54) is 4.90 Å². The summed E-state index contributed by atoms with van der Waals surface area (Å²) in [5.74, 6) is 5.77. The van der Waals surface area contributed by atoms with E-state index < -0.39 is 12.6 Å². The lowest BCUT2D eigenvalue weighted by Crippen LogP contribution is -2.24. The Bertz CT molecular complexity index is 526. The number of hydrogen-bond donors (Lipinski definition) is 0. The molecule has 0 aromatic heterocycles. The molecule has 0 unspecified atom stereocenters. The number of hydrogen-bond acceptors (Lipinski definition) is 1. The van der Waals surface area contributed by atoms with Gasteiger partial charge in [0.05, 0.1) is 18.0 Å². The normalized spacial score (nSPS) is 11.4. The van der Waals surface area contributed by atoms with E-state index in [9.17, 15) is 13.2 Å². The van der Waals surface area contributed by atoms with Crippen LogP contribution in [0.2, 0.25) is 5.02 Å². The standard InChI is InChI=1S/C15H17ClF3N/c1-11-9-12(2)14(16)13(10-11)5-4-7-20(3)8-6-15(17,18)19/h9-10H,6-8H2,1-3H3. The molecule has 0 atom stereocenters. The fourth-order valence-corrected chi connectivity index (χ4v) is 1.86. The van der Waals surface area contributed by atoms with Crippen LogP contribution in [0.15, 0.2) is 12.1 Å². The van der Waals surface area contributed by atoms with Crippen molar-refractivity contribution in [2.45, 2.75) is 26.4 Å². The molecule has 0 saturated carbocycles. The van der Waals surface area contributed by atoms with E-state index in [1.54, 1.807) is 7.05 Å². The Kier molecular flexibility index (Phi) is 5.91. The summed E-state index contributed by atoms with van der Waals surface area (Å²) >= 11 is 6.14. The van der Waals surface area contributed by atoms with E-state index >= 15 is 0 Å². The van der Waals surface area contributed by atoms with Crippen LogP contribution in [0, 0.1) is 25.7 Å². The summed E-state index contributed by atoms with van der Waals surface area (Å²) in [6.07, 6.45) is -4.95. The minimum atomic E-state index is -4.13. The first-order valence-corrected chi connectivity index (χ1v) is 6.58. The predicted octanol–water partition coefficient (Wildman–Crippen LogP) is 4.19. The maximum Gasteiger partial charge on any atom is 0.390 e. The minimum Gasteiger partial charge on any atom is -0.295 e. The van der Waals surface area contributed by atoms with E-state index in [0.29, 0.717) is 10.6 Å². The lowest BCUT2D eigenvalue weighted by Gasteiger charge is -2.14. The van der Waals surface area contributed by atoms with Gasteiger partial charge in [-0.2, -0.15) is 13.2 Å². The van der Waals surface area contributed by atoms with Crippen molar-refractivity contribution in [1.29, 1.82) is 0 Å². The Morgan fingerprint density at radius 1 is 1.25 bits per heavy atom. The third-order valence-corrected chi connectivity index (χ3v) is 3.25. The summed E-state index contributed by atoms with van der Waals surface area (Å²) in [5.41, 5.74) is 2.72. The fourth-order valence-electron chi connectivity index (χ4n) is 1.71. The molecule has 0 aliphatic carbocycles. The van der Waals surface area contributed by atoms with Crippen LogP contribution in [0.1, 0.15) is 23.1 Å². The highest BCUT2D eigenvalue weighted by Gasteiger charge is 2.26. The van der Waals surface area contributed by atoms with Gasteiger partial charge < -0.3 is 0 Å². The number of rotatable bonds is 3. The van der Waals surface area contributed by atoms with Crippen molar-refractivity contribution in [3.05, 3.63) is 33.8 Å². The Labute approximate surface area is 122 Å². The maximum atomic E-state index is 12.1. The van der Waals surface area contributed by atoms with Gasteiger partial charge in [-0.3, -0.25) is 4.90 Å². The van der Waals surface area contributed by atoms with Crippen LogP contribution in [-0.4, -0.2) is 31.2 Å². The highest BCUT2D eigenvalue weighted by Crippen LogP contribution is 2.21. The van der Waals surface area contributed by atoms with Crippen molar-refractivity contribution in [1.82, 2.24) is 4.90 Å². The van der Waals surface area contributed by atoms with Gasteiger partial charge in [-0.1, -0.05) is 29.5 Å². The SMILES string of the molecule is Cc1cc(C)c(Cl)c(C#CCN(C)CCC(F)(F)F)c1. The lowest BCUT2D eigenvalue weighted by molar-refractivity contribution is -0.137. The van der Waals surface area contributed by atoms with E-state index in [4.69, 9.17) is 11.6 Å². The number of halogens is 4. The highest BCUT2D eigenvalue weighted by atomic mass is 35.5. The zero-order valence-corrected chi connectivity index (χ0v) is 12.5. The van der Waals surface area contributed by atoms with Gasteiger partial charge in [0.2, 0.25) is 0 Å². The second-order valence-corrected chi connectivity index (χ2v) is 5.23. The van der Waals surface area contributed by atoms with E-state index in [2.05, 4.69) is 11.8 Å². The molecule has 0 radical (unpaired) electrons. The van der Waals surface area contributed by atoms with Crippen LogP contribution in [0.25, 0.3) is 0 Å². The summed E-state index contributed by atoms with van der Waals surface area (Å²) < 4.78 is 36.2. The molecule has 1 aromatic rings. The summed E-state index contributed by atoms with van der Waals surface area (Å²) in [5, 5.41) is 0.598. The van der Waals surface area contributed by atoms with Gasteiger partial charge >= 0.3 is 6.18 Å². The van der Waals surface area contributed by atoms with Crippen LogP contribution in [0.3, 0.4) is 0 Å². The van der Waals surface area contributed by atoms with Crippen molar-refractivity contribution in [3.63, 3.8) is 0 Å². The van der Waals surface area contributed by atoms with Crippen molar-refractivity contribution < 1.29 is 13.2 Å². The Morgan fingerprint density at radius 3 is 2.50 bits per heavy atom. The molecule has 1 nitrogen and oxygen atoms in total. The molecule has 1 rings (SSSR count). The molecule has 0 N–H and O–H groups in total. The topological polar surface area (TPSA) is 3.24 Å². The largest absolute Gasteiger partial charge is 0.390 e. The van der Waals surface area contributed by atoms with E-state index in [0.717, 1.165) is 11.1 Å². The number of benzene rings is 1. The molecule has 0 bridgehead atoms. The molecule has 110 valence electrons. The molecule has 20 heavy (non-hydrogen) atoms. The van der Waals surface area contributed by atoms with Crippen LogP contribution in [0.5, 0.6) is 0 Å². The molecule has 0 spiro atoms. The number of alkyl halides is 3.